The second-order valence-electron chi connectivity index (χ2n) is 9.75. The molecule has 2 heterocycles. The number of piperidine rings is 1. The second kappa shape index (κ2) is 7.02. The predicted octanol–water partition coefficient (Wildman–Crippen LogP) is 4.73. The lowest BCUT2D eigenvalue weighted by Gasteiger charge is -2.53. The Labute approximate surface area is 183 Å². The van der Waals surface area contributed by atoms with Gasteiger partial charge in [0.1, 0.15) is 6.61 Å². The largest absolute Gasteiger partial charge is 0.447 e. The normalized spacial score (nSPS) is 25.2. The smallest absolute Gasteiger partial charge is 0.417 e. The highest BCUT2D eigenvalue weighted by molar-refractivity contribution is 6.31. The number of carbonyl (C=O) groups is 2. The highest BCUT2D eigenvalue weighted by Gasteiger charge is 2.54. The van der Waals surface area contributed by atoms with Gasteiger partial charge in [-0.25, -0.2) is 4.79 Å². The third-order valence-electron chi connectivity index (χ3n) is 7.73. The van der Waals surface area contributed by atoms with Crippen LogP contribution in [0.3, 0.4) is 0 Å². The molecule has 2 spiro atoms. The molecule has 0 aromatic heterocycles. The van der Waals surface area contributed by atoms with Crippen LogP contribution in [-0.2, 0) is 15.7 Å². The van der Waals surface area contributed by atoms with Crippen LogP contribution >= 0.6 is 11.6 Å². The lowest BCUT2D eigenvalue weighted by Crippen LogP contribution is -2.59. The van der Waals surface area contributed by atoms with Gasteiger partial charge < -0.3 is 15.0 Å². The first kappa shape index (κ1) is 20.9. The van der Waals surface area contributed by atoms with E-state index >= 15 is 0 Å². The molecule has 0 bridgehead atoms. The molecule has 0 unspecified atom stereocenters. The number of hydrogen-bond donors (Lipinski definition) is 1. The summed E-state index contributed by atoms with van der Waals surface area (Å²) >= 11 is 5.88. The number of ether oxygens (including phenoxy) is 1. The van der Waals surface area contributed by atoms with Crippen molar-refractivity contribution in [1.29, 1.82) is 0 Å². The first-order valence-electron chi connectivity index (χ1n) is 10.7. The van der Waals surface area contributed by atoms with Crippen molar-refractivity contribution >= 4 is 23.6 Å². The average Bonchev–Trinajstić information content (AvgIpc) is 3.05. The zero-order valence-corrected chi connectivity index (χ0v) is 17.7. The summed E-state index contributed by atoms with van der Waals surface area (Å²) in [6.45, 7) is 1.77. The highest BCUT2D eigenvalue weighted by Crippen LogP contribution is 2.57. The van der Waals surface area contributed by atoms with Crippen molar-refractivity contribution in [1.82, 2.24) is 10.2 Å². The Balaban J connectivity index is 1.12. The lowest BCUT2D eigenvalue weighted by atomic mass is 9.56. The number of benzene rings is 1. The molecule has 4 fully saturated rings. The third-order valence-corrected chi connectivity index (χ3v) is 8.05. The van der Waals surface area contributed by atoms with Gasteiger partial charge in [0.2, 0.25) is 5.91 Å². The number of likely N-dealkylation sites (tertiary alicyclic amines) is 1. The van der Waals surface area contributed by atoms with Crippen molar-refractivity contribution < 1.29 is 27.5 Å². The monoisotopic (exact) mass is 456 g/mol. The van der Waals surface area contributed by atoms with E-state index in [1.54, 1.807) is 6.07 Å². The molecule has 0 radical (unpaired) electrons. The first-order chi connectivity index (χ1) is 14.6. The third kappa shape index (κ3) is 3.66. The minimum Gasteiger partial charge on any atom is -0.447 e. The summed E-state index contributed by atoms with van der Waals surface area (Å²) in [5, 5.41) is 2.58. The van der Waals surface area contributed by atoms with Crippen molar-refractivity contribution in [3.8, 4) is 0 Å². The Morgan fingerprint density at radius 3 is 2.39 bits per heavy atom. The topological polar surface area (TPSA) is 58.6 Å². The van der Waals surface area contributed by atoms with Crippen LogP contribution in [0.15, 0.2) is 18.2 Å². The Morgan fingerprint density at radius 1 is 1.16 bits per heavy atom. The van der Waals surface area contributed by atoms with Gasteiger partial charge in [-0.15, -0.1) is 0 Å². The quantitative estimate of drug-likeness (QED) is 0.699. The number of alkyl halides is 3. The van der Waals surface area contributed by atoms with Gasteiger partial charge in [-0.05, 0) is 67.6 Å². The Hall–Kier alpha value is -1.96. The zero-order chi connectivity index (χ0) is 22.0. The summed E-state index contributed by atoms with van der Waals surface area (Å²) in [7, 11) is 0. The molecule has 1 aromatic rings. The van der Waals surface area contributed by atoms with Crippen LogP contribution in [0.1, 0.15) is 55.6 Å². The van der Waals surface area contributed by atoms with Crippen molar-refractivity contribution in [2.75, 3.05) is 19.7 Å². The predicted molar refractivity (Wildman–Crippen MR) is 107 cm³/mol. The van der Waals surface area contributed by atoms with Gasteiger partial charge in [0.05, 0.1) is 16.1 Å². The molecular weight excluding hydrogens is 433 g/mol. The molecule has 2 amide bonds. The molecule has 2 saturated heterocycles. The van der Waals surface area contributed by atoms with E-state index in [1.807, 2.05) is 4.90 Å². The number of halogens is 4. The zero-order valence-electron chi connectivity index (χ0n) is 16.9. The molecule has 1 aromatic carbocycles. The van der Waals surface area contributed by atoms with E-state index in [9.17, 15) is 22.8 Å². The number of rotatable bonds is 2. The van der Waals surface area contributed by atoms with Gasteiger partial charge in [0.25, 0.3) is 0 Å². The van der Waals surface area contributed by atoms with E-state index < -0.39 is 17.8 Å². The fraction of sp³-hybridized carbons (Fsp3) is 0.636. The maximum atomic E-state index is 12.9. The molecule has 31 heavy (non-hydrogen) atoms. The molecule has 2 saturated carbocycles. The molecule has 0 atom stereocenters. The molecule has 2 aliphatic heterocycles. The number of hydrogen-bond acceptors (Lipinski definition) is 3. The fourth-order valence-electron chi connectivity index (χ4n) is 5.87. The Morgan fingerprint density at radius 2 is 1.84 bits per heavy atom. The van der Waals surface area contributed by atoms with Gasteiger partial charge in [-0.3, -0.25) is 4.79 Å². The molecule has 5 nitrogen and oxygen atoms in total. The molecule has 4 aliphatic rings. The summed E-state index contributed by atoms with van der Waals surface area (Å²) in [5.41, 5.74) is -0.105. The van der Waals surface area contributed by atoms with Crippen LogP contribution in [0.4, 0.5) is 18.0 Å². The molecule has 2 aliphatic carbocycles. The molecular formula is C22H24ClF3N2O3. The van der Waals surface area contributed by atoms with Gasteiger partial charge in [-0.2, -0.15) is 13.2 Å². The van der Waals surface area contributed by atoms with Crippen LogP contribution in [0.5, 0.6) is 0 Å². The summed E-state index contributed by atoms with van der Waals surface area (Å²) in [6.07, 6.45) is 0.111. The van der Waals surface area contributed by atoms with Gasteiger partial charge in [-0.1, -0.05) is 17.7 Å². The number of cyclic esters (lactones) is 1. The molecule has 5 rings (SSSR count). The molecule has 9 heteroatoms. The molecule has 1 N–H and O–H groups in total. The summed E-state index contributed by atoms with van der Waals surface area (Å²) in [4.78, 5) is 26.0. The van der Waals surface area contributed by atoms with Crippen molar-refractivity contribution in [2.45, 2.75) is 56.2 Å². The van der Waals surface area contributed by atoms with E-state index in [4.69, 9.17) is 16.3 Å². The second-order valence-corrected chi connectivity index (χ2v) is 10.2. The highest BCUT2D eigenvalue weighted by atomic mass is 35.5. The average molecular weight is 457 g/mol. The summed E-state index contributed by atoms with van der Waals surface area (Å²) in [5.74, 6) is 0.325. The van der Waals surface area contributed by atoms with Gasteiger partial charge in [0, 0.05) is 19.0 Å². The van der Waals surface area contributed by atoms with E-state index in [0.717, 1.165) is 37.3 Å². The van der Waals surface area contributed by atoms with Gasteiger partial charge in [0.15, 0.2) is 0 Å². The number of nitrogens with one attached hydrogen (secondary N) is 1. The van der Waals surface area contributed by atoms with Gasteiger partial charge >= 0.3 is 12.3 Å². The van der Waals surface area contributed by atoms with Crippen LogP contribution < -0.4 is 5.32 Å². The van der Waals surface area contributed by atoms with Crippen LogP contribution in [0.2, 0.25) is 5.02 Å². The maximum Gasteiger partial charge on any atom is 0.417 e. The SMILES string of the molecule is O=C1N[C@]2(CO1)C[C@H](C(=O)N1CCC3(CC1)CC(c1ccc(C(F)(F)F)c(Cl)c1)C3)C2. The van der Waals surface area contributed by atoms with E-state index in [0.29, 0.717) is 32.5 Å². The number of alkyl carbamates (subject to hydrolysis) is 1. The van der Waals surface area contributed by atoms with Crippen LogP contribution in [0.25, 0.3) is 0 Å². The molecule has 168 valence electrons. The standard InChI is InChI=1S/C22H24ClF3N2O3/c23-17-7-13(1-2-16(17)22(24,25)26)14-8-20(9-14)3-5-28(6-4-20)18(29)15-10-21(11-15)12-31-19(30)27-21/h1-2,7,14-15H,3-6,8-12H2,(H,27,30)/t15-,21+. The number of amides is 2. The fourth-order valence-corrected chi connectivity index (χ4v) is 6.17. The minimum atomic E-state index is -4.44. The number of nitrogens with zero attached hydrogens (tertiary/aromatic N) is 1. The lowest BCUT2D eigenvalue weighted by molar-refractivity contribution is -0.145. The van der Waals surface area contributed by atoms with Crippen LogP contribution in [-0.4, -0.2) is 42.1 Å². The van der Waals surface area contributed by atoms with Crippen molar-refractivity contribution in [3.63, 3.8) is 0 Å². The first-order valence-corrected chi connectivity index (χ1v) is 11.1. The van der Waals surface area contributed by atoms with E-state index in [1.165, 1.54) is 6.07 Å². The Kier molecular flexibility index (Phi) is 4.74. The minimum absolute atomic E-state index is 0.0560. The Bertz CT molecular complexity index is 913. The summed E-state index contributed by atoms with van der Waals surface area (Å²) < 4.78 is 43.7. The maximum absolute atomic E-state index is 12.9. The van der Waals surface area contributed by atoms with E-state index in [-0.39, 0.29) is 33.7 Å². The van der Waals surface area contributed by atoms with Crippen molar-refractivity contribution in [2.24, 2.45) is 11.3 Å². The van der Waals surface area contributed by atoms with Crippen LogP contribution in [0, 0.1) is 11.3 Å². The number of carbonyl (C=O) groups excluding carboxylic acids is 2. The van der Waals surface area contributed by atoms with Crippen molar-refractivity contribution in [3.05, 3.63) is 34.3 Å². The summed E-state index contributed by atoms with van der Waals surface area (Å²) in [6, 6.07) is 4.08. The van der Waals surface area contributed by atoms with E-state index in [2.05, 4.69) is 5.32 Å².